The van der Waals surface area contributed by atoms with Gasteiger partial charge in [0.2, 0.25) is 0 Å². The van der Waals surface area contributed by atoms with Crippen LogP contribution < -0.4 is 5.32 Å². The standard InChI is InChI=1S/C17H25NO/c1-5-17(4)11-19-15-12-8-6-7-9-13(12)16(2,3)10-14(15)18-17/h6-9,14-15,18H,5,10-11H2,1-4H3. The molecular formula is C17H25NO. The van der Waals surface area contributed by atoms with Crippen molar-refractivity contribution in [1.82, 2.24) is 5.32 Å². The Hall–Kier alpha value is -0.860. The van der Waals surface area contributed by atoms with Crippen LogP contribution >= 0.6 is 0 Å². The fourth-order valence-electron chi connectivity index (χ4n) is 3.64. The van der Waals surface area contributed by atoms with Gasteiger partial charge in [-0.25, -0.2) is 0 Å². The first-order valence-electron chi connectivity index (χ1n) is 7.44. The molecule has 3 atom stereocenters. The molecule has 19 heavy (non-hydrogen) atoms. The van der Waals surface area contributed by atoms with E-state index in [-0.39, 0.29) is 17.1 Å². The van der Waals surface area contributed by atoms with Crippen LogP contribution in [-0.2, 0) is 10.2 Å². The molecule has 1 aromatic rings. The largest absolute Gasteiger partial charge is 0.370 e. The van der Waals surface area contributed by atoms with E-state index in [1.807, 2.05) is 0 Å². The van der Waals surface area contributed by atoms with E-state index in [0.29, 0.717) is 6.04 Å². The van der Waals surface area contributed by atoms with Crippen molar-refractivity contribution in [3.8, 4) is 0 Å². The minimum atomic E-state index is 0.129. The highest BCUT2D eigenvalue weighted by Crippen LogP contribution is 2.45. The maximum Gasteiger partial charge on any atom is 0.0982 e. The van der Waals surface area contributed by atoms with Crippen molar-refractivity contribution >= 4 is 0 Å². The Kier molecular flexibility index (Phi) is 2.99. The molecule has 0 saturated carbocycles. The van der Waals surface area contributed by atoms with E-state index >= 15 is 0 Å². The number of nitrogens with one attached hydrogen (secondary N) is 1. The number of ether oxygens (including phenoxy) is 1. The molecular weight excluding hydrogens is 234 g/mol. The monoisotopic (exact) mass is 259 g/mol. The quantitative estimate of drug-likeness (QED) is 0.832. The van der Waals surface area contributed by atoms with E-state index in [0.717, 1.165) is 19.4 Å². The molecule has 1 aliphatic heterocycles. The molecule has 3 unspecified atom stereocenters. The zero-order valence-corrected chi connectivity index (χ0v) is 12.5. The summed E-state index contributed by atoms with van der Waals surface area (Å²) in [7, 11) is 0. The molecule has 1 aromatic carbocycles. The van der Waals surface area contributed by atoms with Gasteiger partial charge in [0.05, 0.1) is 12.7 Å². The van der Waals surface area contributed by atoms with E-state index in [2.05, 4.69) is 57.3 Å². The van der Waals surface area contributed by atoms with Crippen molar-refractivity contribution in [2.45, 2.75) is 63.6 Å². The average Bonchev–Trinajstić information content (AvgIpc) is 2.38. The van der Waals surface area contributed by atoms with E-state index in [1.165, 1.54) is 11.1 Å². The summed E-state index contributed by atoms with van der Waals surface area (Å²) in [6, 6.07) is 9.22. The van der Waals surface area contributed by atoms with Crippen molar-refractivity contribution in [2.24, 2.45) is 0 Å². The minimum absolute atomic E-state index is 0.129. The zero-order chi connectivity index (χ0) is 13.7. The van der Waals surface area contributed by atoms with Gasteiger partial charge in [-0.3, -0.25) is 0 Å². The van der Waals surface area contributed by atoms with Crippen molar-refractivity contribution in [3.05, 3.63) is 35.4 Å². The molecule has 0 radical (unpaired) electrons. The third-order valence-electron chi connectivity index (χ3n) is 4.99. The SMILES string of the molecule is CCC1(C)COC2c3ccccc3C(C)(C)CC2N1. The van der Waals surface area contributed by atoms with Crippen LogP contribution in [0.15, 0.2) is 24.3 Å². The maximum absolute atomic E-state index is 6.25. The van der Waals surface area contributed by atoms with Crippen molar-refractivity contribution < 1.29 is 4.74 Å². The molecule has 1 saturated heterocycles. The van der Waals surface area contributed by atoms with Crippen molar-refractivity contribution in [3.63, 3.8) is 0 Å². The topological polar surface area (TPSA) is 21.3 Å². The highest BCUT2D eigenvalue weighted by atomic mass is 16.5. The Bertz CT molecular complexity index is 482. The van der Waals surface area contributed by atoms with Crippen LogP contribution in [0.4, 0.5) is 0 Å². The first-order valence-corrected chi connectivity index (χ1v) is 7.44. The summed E-state index contributed by atoms with van der Waals surface area (Å²) in [4.78, 5) is 0. The van der Waals surface area contributed by atoms with Gasteiger partial charge in [-0.1, -0.05) is 45.0 Å². The molecule has 0 amide bonds. The van der Waals surface area contributed by atoms with E-state index < -0.39 is 0 Å². The number of benzene rings is 1. The Morgan fingerprint density at radius 1 is 1.26 bits per heavy atom. The van der Waals surface area contributed by atoms with Gasteiger partial charge in [0.1, 0.15) is 0 Å². The Balaban J connectivity index is 1.99. The second-order valence-electron chi connectivity index (χ2n) is 7.07. The summed E-state index contributed by atoms with van der Waals surface area (Å²) >= 11 is 0. The van der Waals surface area contributed by atoms with Crippen LogP contribution in [0.5, 0.6) is 0 Å². The second kappa shape index (κ2) is 4.32. The lowest BCUT2D eigenvalue weighted by Crippen LogP contribution is -2.60. The second-order valence-corrected chi connectivity index (χ2v) is 7.07. The Morgan fingerprint density at radius 2 is 2.00 bits per heavy atom. The lowest BCUT2D eigenvalue weighted by Gasteiger charge is -2.50. The summed E-state index contributed by atoms with van der Waals surface area (Å²) in [6.45, 7) is 10.0. The van der Waals surface area contributed by atoms with Crippen molar-refractivity contribution in [2.75, 3.05) is 6.61 Å². The van der Waals surface area contributed by atoms with Gasteiger partial charge < -0.3 is 10.1 Å². The summed E-state index contributed by atoms with van der Waals surface area (Å²) in [6.07, 6.45) is 2.48. The normalized spacial score (nSPS) is 36.4. The van der Waals surface area contributed by atoms with Gasteiger partial charge in [0.25, 0.3) is 0 Å². The lowest BCUT2D eigenvalue weighted by molar-refractivity contribution is -0.0730. The van der Waals surface area contributed by atoms with Crippen LogP contribution in [0, 0.1) is 0 Å². The minimum Gasteiger partial charge on any atom is -0.370 e. The molecule has 2 nitrogen and oxygen atoms in total. The molecule has 0 bridgehead atoms. The Labute approximate surface area is 116 Å². The van der Waals surface area contributed by atoms with Gasteiger partial charge in [0.15, 0.2) is 0 Å². The number of hydrogen-bond donors (Lipinski definition) is 1. The molecule has 1 heterocycles. The van der Waals surface area contributed by atoms with Crippen LogP contribution in [0.2, 0.25) is 0 Å². The zero-order valence-electron chi connectivity index (χ0n) is 12.5. The summed E-state index contributed by atoms with van der Waals surface area (Å²) < 4.78 is 6.25. The summed E-state index contributed by atoms with van der Waals surface area (Å²) in [5.74, 6) is 0. The highest BCUT2D eigenvalue weighted by Gasteiger charge is 2.45. The lowest BCUT2D eigenvalue weighted by atomic mass is 9.68. The molecule has 2 heteroatoms. The molecule has 1 fully saturated rings. The molecule has 3 rings (SSSR count). The van der Waals surface area contributed by atoms with Crippen LogP contribution in [-0.4, -0.2) is 18.2 Å². The van der Waals surface area contributed by atoms with Crippen LogP contribution in [0.3, 0.4) is 0 Å². The maximum atomic E-state index is 6.25. The van der Waals surface area contributed by atoms with E-state index in [4.69, 9.17) is 4.74 Å². The van der Waals surface area contributed by atoms with Gasteiger partial charge in [0, 0.05) is 11.6 Å². The van der Waals surface area contributed by atoms with Gasteiger partial charge in [-0.2, -0.15) is 0 Å². The summed E-state index contributed by atoms with van der Waals surface area (Å²) in [5, 5.41) is 3.85. The Morgan fingerprint density at radius 3 is 2.74 bits per heavy atom. The molecule has 1 N–H and O–H groups in total. The van der Waals surface area contributed by atoms with Crippen molar-refractivity contribution in [1.29, 1.82) is 0 Å². The average molecular weight is 259 g/mol. The fraction of sp³-hybridized carbons (Fsp3) is 0.647. The van der Waals surface area contributed by atoms with Crippen LogP contribution in [0.25, 0.3) is 0 Å². The molecule has 2 aliphatic rings. The predicted octanol–water partition coefficient (Wildman–Crippen LogP) is 3.57. The van der Waals surface area contributed by atoms with Crippen LogP contribution in [0.1, 0.15) is 57.8 Å². The number of fused-ring (bicyclic) bond motifs is 3. The molecule has 0 spiro atoms. The number of rotatable bonds is 1. The number of hydrogen-bond acceptors (Lipinski definition) is 2. The highest BCUT2D eigenvalue weighted by molar-refractivity contribution is 5.39. The first kappa shape index (κ1) is 13.1. The van der Waals surface area contributed by atoms with E-state index in [9.17, 15) is 0 Å². The molecule has 104 valence electrons. The third-order valence-corrected chi connectivity index (χ3v) is 4.99. The molecule has 0 aromatic heterocycles. The predicted molar refractivity (Wildman–Crippen MR) is 78.4 cm³/mol. The number of morpholine rings is 1. The fourth-order valence-corrected chi connectivity index (χ4v) is 3.64. The first-order chi connectivity index (χ1) is 8.95. The third kappa shape index (κ3) is 2.11. The van der Waals surface area contributed by atoms with Gasteiger partial charge >= 0.3 is 0 Å². The smallest absolute Gasteiger partial charge is 0.0982 e. The van der Waals surface area contributed by atoms with Gasteiger partial charge in [-0.15, -0.1) is 0 Å². The van der Waals surface area contributed by atoms with Gasteiger partial charge in [-0.05, 0) is 36.3 Å². The van der Waals surface area contributed by atoms with E-state index in [1.54, 1.807) is 0 Å². The summed E-state index contributed by atoms with van der Waals surface area (Å²) in [5.41, 5.74) is 3.19. The molecule has 1 aliphatic carbocycles.